The van der Waals surface area contributed by atoms with E-state index in [2.05, 4.69) is 21.6 Å². The minimum absolute atomic E-state index is 0.0992. The molecule has 1 aromatic carbocycles. The number of likely N-dealkylation sites (N-methyl/N-ethyl adjacent to an activating group) is 1. The molecular weight excluding hydrogens is 312 g/mol. The van der Waals surface area contributed by atoms with Crippen molar-refractivity contribution >= 4 is 10.0 Å². The van der Waals surface area contributed by atoms with Gasteiger partial charge in [0.1, 0.15) is 0 Å². The van der Waals surface area contributed by atoms with Crippen LogP contribution in [-0.4, -0.2) is 64.0 Å². The zero-order valence-electron chi connectivity index (χ0n) is 13.7. The Bertz CT molecular complexity index is 661. The predicted octanol–water partition coefficient (Wildman–Crippen LogP) is 0.614. The van der Waals surface area contributed by atoms with Gasteiger partial charge in [-0.2, -0.15) is 5.26 Å². The van der Waals surface area contributed by atoms with E-state index in [9.17, 15) is 8.42 Å². The summed E-state index contributed by atoms with van der Waals surface area (Å²) in [5, 5.41) is 8.88. The van der Waals surface area contributed by atoms with Gasteiger partial charge in [0.15, 0.2) is 0 Å². The van der Waals surface area contributed by atoms with Gasteiger partial charge in [-0.05, 0) is 31.7 Å². The number of rotatable bonds is 6. The summed E-state index contributed by atoms with van der Waals surface area (Å²) >= 11 is 0. The van der Waals surface area contributed by atoms with Gasteiger partial charge in [0.05, 0.1) is 17.4 Å². The maximum atomic E-state index is 12.2. The van der Waals surface area contributed by atoms with Crippen LogP contribution in [0.25, 0.3) is 0 Å². The van der Waals surface area contributed by atoms with Crippen molar-refractivity contribution in [1.82, 2.24) is 14.5 Å². The van der Waals surface area contributed by atoms with Gasteiger partial charge in [-0.25, -0.2) is 13.1 Å². The molecule has 1 aliphatic rings. The number of piperazine rings is 1. The molecule has 1 N–H and O–H groups in total. The zero-order valence-corrected chi connectivity index (χ0v) is 14.5. The van der Waals surface area contributed by atoms with E-state index < -0.39 is 10.0 Å². The lowest BCUT2D eigenvalue weighted by atomic mass is 10.2. The maximum Gasteiger partial charge on any atom is 0.215 e. The summed E-state index contributed by atoms with van der Waals surface area (Å²) < 4.78 is 27.1. The van der Waals surface area contributed by atoms with Gasteiger partial charge in [0, 0.05) is 38.8 Å². The summed E-state index contributed by atoms with van der Waals surface area (Å²) in [5.41, 5.74) is 1.10. The van der Waals surface area contributed by atoms with Crippen LogP contribution in [0.15, 0.2) is 24.3 Å². The highest BCUT2D eigenvalue weighted by molar-refractivity contribution is 7.88. The zero-order chi connectivity index (χ0) is 16.9. The topological polar surface area (TPSA) is 76.4 Å². The Morgan fingerprint density at radius 3 is 2.65 bits per heavy atom. The van der Waals surface area contributed by atoms with E-state index >= 15 is 0 Å². The van der Waals surface area contributed by atoms with Crippen molar-refractivity contribution in [3.63, 3.8) is 0 Å². The first-order chi connectivity index (χ1) is 10.9. The molecule has 2 rings (SSSR count). The minimum atomic E-state index is -3.40. The molecule has 0 amide bonds. The van der Waals surface area contributed by atoms with Gasteiger partial charge in [-0.3, -0.25) is 4.90 Å². The van der Waals surface area contributed by atoms with E-state index in [0.717, 1.165) is 26.2 Å². The lowest BCUT2D eigenvalue weighted by Crippen LogP contribution is -2.51. The number of nitrogens with one attached hydrogen (secondary N) is 1. The predicted molar refractivity (Wildman–Crippen MR) is 90.3 cm³/mol. The van der Waals surface area contributed by atoms with Crippen molar-refractivity contribution in [3.8, 4) is 6.07 Å². The maximum absolute atomic E-state index is 12.2. The Balaban J connectivity index is 1.87. The van der Waals surface area contributed by atoms with Crippen molar-refractivity contribution in [2.45, 2.75) is 18.7 Å². The summed E-state index contributed by atoms with van der Waals surface area (Å²) in [5.74, 6) is -0.0992. The largest absolute Gasteiger partial charge is 0.304 e. The Morgan fingerprint density at radius 2 is 2.00 bits per heavy atom. The third-order valence-corrected chi connectivity index (χ3v) is 5.49. The summed E-state index contributed by atoms with van der Waals surface area (Å²) in [6.07, 6.45) is 0. The van der Waals surface area contributed by atoms with Crippen molar-refractivity contribution in [1.29, 1.82) is 5.26 Å². The van der Waals surface area contributed by atoms with Gasteiger partial charge in [0.25, 0.3) is 0 Å². The highest BCUT2D eigenvalue weighted by Crippen LogP contribution is 2.09. The highest BCUT2D eigenvalue weighted by atomic mass is 32.2. The second kappa shape index (κ2) is 7.88. The van der Waals surface area contributed by atoms with Crippen LogP contribution in [0, 0.1) is 11.3 Å². The number of benzene rings is 1. The van der Waals surface area contributed by atoms with E-state index in [4.69, 9.17) is 5.26 Å². The molecule has 1 aliphatic heterocycles. The third kappa shape index (κ3) is 5.59. The number of hydrogen-bond acceptors (Lipinski definition) is 5. The molecule has 0 bridgehead atoms. The quantitative estimate of drug-likeness (QED) is 0.824. The SMILES string of the molecule is CC(CNS(=O)(=O)Cc1cccc(C#N)c1)N1CCN(C)CC1. The molecule has 6 nitrogen and oxygen atoms in total. The standard InChI is InChI=1S/C16H24N4O2S/c1-14(20-8-6-19(2)7-9-20)12-18-23(21,22)13-16-5-3-4-15(10-16)11-17/h3-5,10,14,18H,6-9,12-13H2,1-2H3. The van der Waals surface area contributed by atoms with Crippen LogP contribution in [0.3, 0.4) is 0 Å². The second-order valence-corrected chi connectivity index (χ2v) is 7.91. The molecule has 0 aliphatic carbocycles. The van der Waals surface area contributed by atoms with Crippen LogP contribution < -0.4 is 4.72 Å². The van der Waals surface area contributed by atoms with Crippen LogP contribution in [0.4, 0.5) is 0 Å². The molecule has 126 valence electrons. The van der Waals surface area contributed by atoms with Gasteiger partial charge < -0.3 is 4.90 Å². The fraction of sp³-hybridized carbons (Fsp3) is 0.562. The molecular formula is C16H24N4O2S. The summed E-state index contributed by atoms with van der Waals surface area (Å²) in [6, 6.07) is 8.91. The highest BCUT2D eigenvalue weighted by Gasteiger charge is 2.21. The molecule has 7 heteroatoms. The molecule has 0 radical (unpaired) electrons. The molecule has 1 fully saturated rings. The lowest BCUT2D eigenvalue weighted by molar-refractivity contribution is 0.120. The van der Waals surface area contributed by atoms with E-state index in [1.54, 1.807) is 24.3 Å². The molecule has 23 heavy (non-hydrogen) atoms. The number of sulfonamides is 1. The molecule has 1 unspecified atom stereocenters. The summed E-state index contributed by atoms with van der Waals surface area (Å²) in [6.45, 7) is 6.40. The van der Waals surface area contributed by atoms with Gasteiger partial charge >= 0.3 is 0 Å². The number of hydrogen-bond donors (Lipinski definition) is 1. The smallest absolute Gasteiger partial charge is 0.215 e. The average Bonchev–Trinajstić information content (AvgIpc) is 2.53. The third-order valence-electron chi connectivity index (χ3n) is 4.17. The molecule has 0 saturated carbocycles. The minimum Gasteiger partial charge on any atom is -0.304 e. The normalized spacial score (nSPS) is 18.5. The fourth-order valence-corrected chi connectivity index (χ4v) is 3.86. The summed E-state index contributed by atoms with van der Waals surface area (Å²) in [4.78, 5) is 4.58. The Labute approximate surface area is 138 Å². The number of nitriles is 1. The van der Waals surface area contributed by atoms with E-state index in [1.165, 1.54) is 0 Å². The Hall–Kier alpha value is -1.46. The van der Waals surface area contributed by atoms with Gasteiger partial charge in [0.2, 0.25) is 10.0 Å². The van der Waals surface area contributed by atoms with Crippen LogP contribution in [0.1, 0.15) is 18.1 Å². The average molecular weight is 336 g/mol. The van der Waals surface area contributed by atoms with Crippen molar-refractivity contribution in [3.05, 3.63) is 35.4 Å². The molecule has 1 saturated heterocycles. The van der Waals surface area contributed by atoms with E-state index in [0.29, 0.717) is 17.7 Å². The van der Waals surface area contributed by atoms with Crippen LogP contribution >= 0.6 is 0 Å². The Kier molecular flexibility index (Phi) is 6.13. The molecule has 1 atom stereocenters. The van der Waals surface area contributed by atoms with Crippen molar-refractivity contribution in [2.24, 2.45) is 0 Å². The summed E-state index contributed by atoms with van der Waals surface area (Å²) in [7, 11) is -1.30. The molecule has 0 spiro atoms. The first-order valence-corrected chi connectivity index (χ1v) is 9.44. The van der Waals surface area contributed by atoms with Crippen molar-refractivity contribution < 1.29 is 8.42 Å². The lowest BCUT2D eigenvalue weighted by Gasteiger charge is -2.36. The van der Waals surface area contributed by atoms with Crippen molar-refractivity contribution in [2.75, 3.05) is 39.8 Å². The van der Waals surface area contributed by atoms with E-state index in [1.807, 2.05) is 13.0 Å². The second-order valence-electron chi connectivity index (χ2n) is 6.11. The molecule has 1 heterocycles. The molecule has 1 aromatic rings. The van der Waals surface area contributed by atoms with Gasteiger partial charge in [-0.1, -0.05) is 12.1 Å². The number of nitrogens with zero attached hydrogens (tertiary/aromatic N) is 3. The fourth-order valence-electron chi connectivity index (χ4n) is 2.64. The van der Waals surface area contributed by atoms with Crippen LogP contribution in [-0.2, 0) is 15.8 Å². The van der Waals surface area contributed by atoms with Crippen LogP contribution in [0.5, 0.6) is 0 Å². The van der Waals surface area contributed by atoms with E-state index in [-0.39, 0.29) is 11.8 Å². The Morgan fingerprint density at radius 1 is 1.30 bits per heavy atom. The monoisotopic (exact) mass is 336 g/mol. The van der Waals surface area contributed by atoms with Crippen LogP contribution in [0.2, 0.25) is 0 Å². The molecule has 0 aromatic heterocycles. The first kappa shape index (κ1) is 17.9. The van der Waals surface area contributed by atoms with Gasteiger partial charge in [-0.15, -0.1) is 0 Å². The first-order valence-electron chi connectivity index (χ1n) is 7.78.